The quantitative estimate of drug-likeness (QED) is 0.867. The zero-order chi connectivity index (χ0) is 12.3. The molecule has 0 saturated heterocycles. The van der Waals surface area contributed by atoms with Gasteiger partial charge in [0.15, 0.2) is 0 Å². The molecule has 2 rings (SSSR count). The number of carbonyl (C=O) groups is 1. The highest BCUT2D eigenvalue weighted by molar-refractivity contribution is 7.99. The number of thioether (sulfide) groups is 1. The van der Waals surface area contributed by atoms with Gasteiger partial charge >= 0.3 is 0 Å². The van der Waals surface area contributed by atoms with E-state index in [1.165, 1.54) is 12.5 Å². The molecule has 1 aliphatic rings. The Kier molecular flexibility index (Phi) is 3.94. The molecule has 2 atom stereocenters. The molecule has 2 unspecified atom stereocenters. The second-order valence-corrected chi connectivity index (χ2v) is 5.53. The number of rotatable bonds is 3. The van der Waals surface area contributed by atoms with Gasteiger partial charge in [-0.25, -0.2) is 0 Å². The molecule has 2 N–H and O–H groups in total. The van der Waals surface area contributed by atoms with Crippen LogP contribution >= 0.6 is 11.8 Å². The maximum absolute atomic E-state index is 11.9. The topological polar surface area (TPSA) is 49.3 Å². The van der Waals surface area contributed by atoms with Crippen molar-refractivity contribution in [1.29, 1.82) is 0 Å². The Bertz CT molecular complexity index is 408. The van der Waals surface area contributed by atoms with Crippen molar-refractivity contribution >= 4 is 17.7 Å². The normalized spacial score (nSPS) is 23.6. The summed E-state index contributed by atoms with van der Waals surface area (Å²) >= 11 is 1.87. The molecule has 1 aliphatic carbocycles. The summed E-state index contributed by atoms with van der Waals surface area (Å²) in [6.07, 6.45) is 5.39. The van der Waals surface area contributed by atoms with Crippen LogP contribution in [0.15, 0.2) is 24.3 Å². The minimum Gasteiger partial charge on any atom is -0.508 e. The van der Waals surface area contributed by atoms with E-state index in [9.17, 15) is 9.90 Å². The van der Waals surface area contributed by atoms with Crippen LogP contribution in [0.1, 0.15) is 29.6 Å². The molecule has 0 aromatic heterocycles. The first-order valence-corrected chi connectivity index (χ1v) is 7.10. The smallest absolute Gasteiger partial charge is 0.251 e. The molecule has 0 radical (unpaired) electrons. The summed E-state index contributed by atoms with van der Waals surface area (Å²) in [7, 11) is 0. The highest BCUT2D eigenvalue weighted by Gasteiger charge is 2.25. The maximum atomic E-state index is 11.9. The fraction of sp³-hybridized carbons (Fsp3) is 0.462. The van der Waals surface area contributed by atoms with Crippen LogP contribution in [0, 0.1) is 0 Å². The number of aromatic hydroxyl groups is 1. The average Bonchev–Trinajstić information content (AvgIpc) is 2.77. The molecular weight excluding hydrogens is 234 g/mol. The van der Waals surface area contributed by atoms with Crippen LogP contribution in [0.4, 0.5) is 0 Å². The number of nitrogens with one attached hydrogen (secondary N) is 1. The third kappa shape index (κ3) is 3.16. The number of benzene rings is 1. The van der Waals surface area contributed by atoms with Crippen LogP contribution in [0.5, 0.6) is 5.75 Å². The highest BCUT2D eigenvalue weighted by atomic mass is 32.2. The van der Waals surface area contributed by atoms with Crippen molar-refractivity contribution in [2.24, 2.45) is 0 Å². The van der Waals surface area contributed by atoms with E-state index in [-0.39, 0.29) is 17.7 Å². The predicted octanol–water partition coefficient (Wildman–Crippen LogP) is 2.41. The monoisotopic (exact) mass is 251 g/mol. The zero-order valence-corrected chi connectivity index (χ0v) is 10.7. The number of hydrogen-bond donors (Lipinski definition) is 2. The molecule has 1 saturated carbocycles. The second-order valence-electron chi connectivity index (χ2n) is 4.39. The van der Waals surface area contributed by atoms with Crippen molar-refractivity contribution in [2.45, 2.75) is 30.6 Å². The number of phenolic OH excluding ortho intramolecular Hbond substituents is 1. The molecule has 17 heavy (non-hydrogen) atoms. The van der Waals surface area contributed by atoms with Crippen LogP contribution in [-0.4, -0.2) is 28.6 Å². The zero-order valence-electron chi connectivity index (χ0n) is 9.85. The summed E-state index contributed by atoms with van der Waals surface area (Å²) in [5.41, 5.74) is 0.526. The summed E-state index contributed by atoms with van der Waals surface area (Å²) < 4.78 is 0. The molecule has 1 amide bonds. The first kappa shape index (κ1) is 12.3. The van der Waals surface area contributed by atoms with E-state index in [2.05, 4.69) is 11.6 Å². The largest absolute Gasteiger partial charge is 0.508 e. The van der Waals surface area contributed by atoms with Crippen molar-refractivity contribution in [3.05, 3.63) is 29.8 Å². The first-order valence-electron chi connectivity index (χ1n) is 5.81. The van der Waals surface area contributed by atoms with E-state index in [1.54, 1.807) is 18.2 Å². The number of carbonyl (C=O) groups excluding carboxylic acids is 1. The highest BCUT2D eigenvalue weighted by Crippen LogP contribution is 2.28. The molecule has 1 aromatic carbocycles. The van der Waals surface area contributed by atoms with Crippen LogP contribution in [0.3, 0.4) is 0 Å². The van der Waals surface area contributed by atoms with Crippen LogP contribution < -0.4 is 5.32 Å². The van der Waals surface area contributed by atoms with Crippen molar-refractivity contribution in [3.63, 3.8) is 0 Å². The number of phenols is 1. The minimum absolute atomic E-state index is 0.0901. The molecule has 3 nitrogen and oxygen atoms in total. The number of amides is 1. The molecule has 0 aliphatic heterocycles. The van der Waals surface area contributed by atoms with Gasteiger partial charge in [-0.2, -0.15) is 11.8 Å². The summed E-state index contributed by atoms with van der Waals surface area (Å²) in [6.45, 7) is 0. The lowest BCUT2D eigenvalue weighted by Gasteiger charge is -2.12. The van der Waals surface area contributed by atoms with Gasteiger partial charge in [-0.15, -0.1) is 0 Å². The van der Waals surface area contributed by atoms with E-state index in [0.29, 0.717) is 10.8 Å². The molecule has 92 valence electrons. The SMILES string of the molecule is CSC1CCC(NC(=O)c2cccc(O)c2)C1. The fourth-order valence-corrected chi connectivity index (χ4v) is 3.00. The van der Waals surface area contributed by atoms with E-state index >= 15 is 0 Å². The second kappa shape index (κ2) is 5.45. The predicted molar refractivity (Wildman–Crippen MR) is 70.5 cm³/mol. The average molecular weight is 251 g/mol. The van der Waals surface area contributed by atoms with Crippen LogP contribution in [0.2, 0.25) is 0 Å². The molecule has 1 aromatic rings. The van der Waals surface area contributed by atoms with Gasteiger partial charge in [0, 0.05) is 16.9 Å². The molecule has 0 bridgehead atoms. The summed E-state index contributed by atoms with van der Waals surface area (Å²) in [5.74, 6) is 0.0405. The Morgan fingerprint density at radius 2 is 2.29 bits per heavy atom. The summed E-state index contributed by atoms with van der Waals surface area (Å²) in [4.78, 5) is 11.9. The molecule has 0 spiro atoms. The Morgan fingerprint density at radius 3 is 2.94 bits per heavy atom. The van der Waals surface area contributed by atoms with Crippen LogP contribution in [-0.2, 0) is 0 Å². The standard InChI is InChI=1S/C13H17NO2S/c1-17-12-6-5-10(8-12)14-13(16)9-3-2-4-11(15)7-9/h2-4,7,10,12,15H,5-6,8H2,1H3,(H,14,16). The van der Waals surface area contributed by atoms with E-state index in [4.69, 9.17) is 0 Å². The van der Waals surface area contributed by atoms with Gasteiger partial charge in [-0.3, -0.25) is 4.79 Å². The molecular formula is C13H17NO2S. The van der Waals surface area contributed by atoms with Gasteiger partial charge in [0.05, 0.1) is 0 Å². The molecule has 1 fully saturated rings. The van der Waals surface area contributed by atoms with Crippen LogP contribution in [0.25, 0.3) is 0 Å². The lowest BCUT2D eigenvalue weighted by molar-refractivity contribution is 0.0937. The lowest BCUT2D eigenvalue weighted by Crippen LogP contribution is -2.33. The van der Waals surface area contributed by atoms with E-state index in [1.807, 2.05) is 11.8 Å². The van der Waals surface area contributed by atoms with E-state index in [0.717, 1.165) is 12.8 Å². The first-order chi connectivity index (χ1) is 8.19. The van der Waals surface area contributed by atoms with Crippen molar-refractivity contribution < 1.29 is 9.90 Å². The lowest BCUT2D eigenvalue weighted by atomic mass is 10.1. The summed E-state index contributed by atoms with van der Waals surface area (Å²) in [6, 6.07) is 6.74. The van der Waals surface area contributed by atoms with Gasteiger partial charge in [0.1, 0.15) is 5.75 Å². The minimum atomic E-state index is -0.0901. The Hall–Kier alpha value is -1.16. The van der Waals surface area contributed by atoms with Gasteiger partial charge in [-0.05, 0) is 43.7 Å². The number of hydrogen-bond acceptors (Lipinski definition) is 3. The maximum Gasteiger partial charge on any atom is 0.251 e. The fourth-order valence-electron chi connectivity index (χ4n) is 2.20. The van der Waals surface area contributed by atoms with Crippen molar-refractivity contribution in [3.8, 4) is 5.75 Å². The van der Waals surface area contributed by atoms with Gasteiger partial charge in [-0.1, -0.05) is 6.07 Å². The molecule has 0 heterocycles. The van der Waals surface area contributed by atoms with Crippen molar-refractivity contribution in [2.75, 3.05) is 6.26 Å². The van der Waals surface area contributed by atoms with E-state index < -0.39 is 0 Å². The third-order valence-electron chi connectivity index (χ3n) is 3.16. The van der Waals surface area contributed by atoms with Gasteiger partial charge in [0.2, 0.25) is 0 Å². The Balaban J connectivity index is 1.94. The van der Waals surface area contributed by atoms with Gasteiger partial charge in [0.25, 0.3) is 5.91 Å². The molecule has 4 heteroatoms. The van der Waals surface area contributed by atoms with Gasteiger partial charge < -0.3 is 10.4 Å². The third-order valence-corrected chi connectivity index (χ3v) is 4.26. The Labute approximate surface area is 106 Å². The summed E-state index contributed by atoms with van der Waals surface area (Å²) in [5, 5.41) is 13.0. The van der Waals surface area contributed by atoms with Crippen molar-refractivity contribution in [1.82, 2.24) is 5.32 Å². The Morgan fingerprint density at radius 1 is 1.47 bits per heavy atom.